The van der Waals surface area contributed by atoms with Crippen molar-refractivity contribution in [2.45, 2.75) is 38.8 Å². The van der Waals surface area contributed by atoms with Crippen molar-refractivity contribution in [1.82, 2.24) is 10.3 Å². The fraction of sp³-hybridized carbons (Fsp3) is 0.471. The molecule has 2 atom stereocenters. The standard InChI is InChI=1S/C17H24N2O/c1-4-19-17(9-8-13(2)20-3)15-7-5-6-14-10-11-18-12-16(14)15/h5-7,10-13,17,19H,4,8-9H2,1-3H3. The number of methoxy groups -OCH3 is 1. The van der Waals surface area contributed by atoms with Gasteiger partial charge in [0.15, 0.2) is 0 Å². The third-order valence-electron chi connectivity index (χ3n) is 3.81. The van der Waals surface area contributed by atoms with E-state index in [1.54, 1.807) is 7.11 Å². The molecule has 0 aliphatic carbocycles. The smallest absolute Gasteiger partial charge is 0.0543 e. The molecule has 0 spiro atoms. The van der Waals surface area contributed by atoms with E-state index >= 15 is 0 Å². The maximum absolute atomic E-state index is 5.36. The van der Waals surface area contributed by atoms with Crippen molar-refractivity contribution < 1.29 is 4.74 Å². The zero-order chi connectivity index (χ0) is 14.4. The predicted molar refractivity (Wildman–Crippen MR) is 83.9 cm³/mol. The average Bonchev–Trinajstić information content (AvgIpc) is 2.50. The summed E-state index contributed by atoms with van der Waals surface area (Å²) in [7, 11) is 1.77. The maximum atomic E-state index is 5.36. The molecule has 20 heavy (non-hydrogen) atoms. The molecule has 3 nitrogen and oxygen atoms in total. The third-order valence-corrected chi connectivity index (χ3v) is 3.81. The summed E-state index contributed by atoms with van der Waals surface area (Å²) in [6.07, 6.45) is 6.22. The molecule has 1 heterocycles. The number of hydrogen-bond acceptors (Lipinski definition) is 3. The number of nitrogens with one attached hydrogen (secondary N) is 1. The van der Waals surface area contributed by atoms with Crippen LogP contribution in [0, 0.1) is 0 Å². The topological polar surface area (TPSA) is 34.1 Å². The van der Waals surface area contributed by atoms with Gasteiger partial charge in [0.1, 0.15) is 0 Å². The Morgan fingerprint density at radius 1 is 1.25 bits per heavy atom. The van der Waals surface area contributed by atoms with E-state index in [1.807, 2.05) is 12.4 Å². The summed E-state index contributed by atoms with van der Waals surface area (Å²) in [5.41, 5.74) is 1.33. The second-order valence-electron chi connectivity index (χ2n) is 5.18. The number of rotatable bonds is 7. The maximum Gasteiger partial charge on any atom is 0.0543 e. The Balaban J connectivity index is 2.26. The highest BCUT2D eigenvalue weighted by Crippen LogP contribution is 2.27. The predicted octanol–water partition coefficient (Wildman–Crippen LogP) is 3.70. The van der Waals surface area contributed by atoms with Gasteiger partial charge in [-0.2, -0.15) is 0 Å². The molecule has 0 aliphatic heterocycles. The molecule has 2 unspecified atom stereocenters. The summed E-state index contributed by atoms with van der Waals surface area (Å²) in [6, 6.07) is 8.89. The summed E-state index contributed by atoms with van der Waals surface area (Å²) in [5, 5.41) is 6.08. The molecule has 0 amide bonds. The first-order valence-corrected chi connectivity index (χ1v) is 7.35. The van der Waals surface area contributed by atoms with Crippen LogP contribution in [0.5, 0.6) is 0 Å². The van der Waals surface area contributed by atoms with Crippen LogP contribution in [-0.4, -0.2) is 24.7 Å². The van der Waals surface area contributed by atoms with E-state index < -0.39 is 0 Å². The molecule has 0 aliphatic rings. The lowest BCUT2D eigenvalue weighted by molar-refractivity contribution is 0.106. The SMILES string of the molecule is CCNC(CCC(C)OC)c1cccc2ccncc12. The van der Waals surface area contributed by atoms with Crippen LogP contribution in [0.4, 0.5) is 0 Å². The molecule has 0 bridgehead atoms. The Kier molecular flexibility index (Phi) is 5.50. The van der Waals surface area contributed by atoms with Gasteiger partial charge in [-0.3, -0.25) is 4.98 Å². The van der Waals surface area contributed by atoms with Crippen LogP contribution < -0.4 is 5.32 Å². The van der Waals surface area contributed by atoms with Crippen molar-refractivity contribution in [2.24, 2.45) is 0 Å². The number of benzene rings is 1. The minimum Gasteiger partial charge on any atom is -0.382 e. The van der Waals surface area contributed by atoms with Gasteiger partial charge in [0.25, 0.3) is 0 Å². The van der Waals surface area contributed by atoms with E-state index in [0.717, 1.165) is 19.4 Å². The second kappa shape index (κ2) is 7.36. The van der Waals surface area contributed by atoms with Crippen LogP contribution in [0.15, 0.2) is 36.7 Å². The molecular weight excluding hydrogens is 248 g/mol. The van der Waals surface area contributed by atoms with Gasteiger partial charge in [-0.25, -0.2) is 0 Å². The van der Waals surface area contributed by atoms with Gasteiger partial charge in [0, 0.05) is 30.9 Å². The molecule has 0 fully saturated rings. The van der Waals surface area contributed by atoms with E-state index in [-0.39, 0.29) is 0 Å². The molecule has 1 aromatic heterocycles. The highest BCUT2D eigenvalue weighted by Gasteiger charge is 2.14. The van der Waals surface area contributed by atoms with Gasteiger partial charge in [0.05, 0.1) is 6.10 Å². The first kappa shape index (κ1) is 14.9. The van der Waals surface area contributed by atoms with Gasteiger partial charge < -0.3 is 10.1 Å². The van der Waals surface area contributed by atoms with Crippen LogP contribution in [0.25, 0.3) is 10.8 Å². The summed E-state index contributed by atoms with van der Waals surface area (Å²) in [4.78, 5) is 4.27. The fourth-order valence-electron chi connectivity index (χ4n) is 2.57. The Morgan fingerprint density at radius 2 is 2.10 bits per heavy atom. The summed E-state index contributed by atoms with van der Waals surface area (Å²) < 4.78 is 5.36. The molecule has 0 radical (unpaired) electrons. The molecular formula is C17H24N2O. The fourth-order valence-corrected chi connectivity index (χ4v) is 2.57. The highest BCUT2D eigenvalue weighted by molar-refractivity contribution is 5.85. The van der Waals surface area contributed by atoms with E-state index in [2.05, 4.69) is 48.4 Å². The molecule has 2 rings (SSSR count). The van der Waals surface area contributed by atoms with E-state index in [1.165, 1.54) is 16.3 Å². The summed E-state index contributed by atoms with van der Waals surface area (Å²) >= 11 is 0. The lowest BCUT2D eigenvalue weighted by atomic mass is 9.96. The molecule has 1 aromatic carbocycles. The van der Waals surface area contributed by atoms with Crippen LogP contribution >= 0.6 is 0 Å². The Bertz CT molecular complexity index is 536. The highest BCUT2D eigenvalue weighted by atomic mass is 16.5. The number of hydrogen-bond donors (Lipinski definition) is 1. The molecule has 2 aromatic rings. The molecule has 0 saturated heterocycles. The van der Waals surface area contributed by atoms with Crippen LogP contribution in [-0.2, 0) is 4.74 Å². The summed E-state index contributed by atoms with van der Waals surface area (Å²) in [6.45, 7) is 5.23. The Labute approximate surface area is 121 Å². The first-order chi connectivity index (χ1) is 9.76. The minimum absolute atomic E-state index is 0.296. The van der Waals surface area contributed by atoms with Gasteiger partial charge >= 0.3 is 0 Å². The van der Waals surface area contributed by atoms with Gasteiger partial charge in [-0.1, -0.05) is 25.1 Å². The Hall–Kier alpha value is -1.45. The number of pyridine rings is 1. The minimum atomic E-state index is 0.296. The number of aromatic nitrogens is 1. The molecule has 1 N–H and O–H groups in total. The molecule has 3 heteroatoms. The zero-order valence-corrected chi connectivity index (χ0v) is 12.6. The average molecular weight is 272 g/mol. The number of ether oxygens (including phenoxy) is 1. The first-order valence-electron chi connectivity index (χ1n) is 7.35. The monoisotopic (exact) mass is 272 g/mol. The van der Waals surface area contributed by atoms with Crippen molar-refractivity contribution in [3.8, 4) is 0 Å². The molecule has 0 saturated carbocycles. The van der Waals surface area contributed by atoms with Crippen molar-refractivity contribution >= 4 is 10.8 Å². The van der Waals surface area contributed by atoms with Gasteiger partial charge in [-0.15, -0.1) is 0 Å². The molecule has 108 valence electrons. The zero-order valence-electron chi connectivity index (χ0n) is 12.6. The van der Waals surface area contributed by atoms with Crippen LogP contribution in [0.1, 0.15) is 38.3 Å². The van der Waals surface area contributed by atoms with Crippen molar-refractivity contribution in [2.75, 3.05) is 13.7 Å². The lowest BCUT2D eigenvalue weighted by Crippen LogP contribution is -2.22. The van der Waals surface area contributed by atoms with Crippen LogP contribution in [0.2, 0.25) is 0 Å². The van der Waals surface area contributed by atoms with Crippen molar-refractivity contribution in [3.63, 3.8) is 0 Å². The van der Waals surface area contributed by atoms with Gasteiger partial charge in [0.2, 0.25) is 0 Å². The van der Waals surface area contributed by atoms with E-state index in [9.17, 15) is 0 Å². The number of nitrogens with zero attached hydrogens (tertiary/aromatic N) is 1. The van der Waals surface area contributed by atoms with Gasteiger partial charge in [-0.05, 0) is 43.3 Å². The quantitative estimate of drug-likeness (QED) is 0.834. The normalized spacial score (nSPS) is 14.3. The van der Waals surface area contributed by atoms with E-state index in [0.29, 0.717) is 12.1 Å². The number of fused-ring (bicyclic) bond motifs is 1. The second-order valence-corrected chi connectivity index (χ2v) is 5.18. The van der Waals surface area contributed by atoms with E-state index in [4.69, 9.17) is 4.74 Å². The lowest BCUT2D eigenvalue weighted by Gasteiger charge is -2.21. The largest absolute Gasteiger partial charge is 0.382 e. The summed E-state index contributed by atoms with van der Waals surface area (Å²) in [5.74, 6) is 0. The third kappa shape index (κ3) is 3.56. The van der Waals surface area contributed by atoms with Crippen LogP contribution in [0.3, 0.4) is 0 Å². The van der Waals surface area contributed by atoms with Crippen molar-refractivity contribution in [1.29, 1.82) is 0 Å². The van der Waals surface area contributed by atoms with Crippen molar-refractivity contribution in [3.05, 3.63) is 42.2 Å². The Morgan fingerprint density at radius 3 is 2.85 bits per heavy atom.